The summed E-state index contributed by atoms with van der Waals surface area (Å²) in [5.74, 6) is 1.21. The van der Waals surface area contributed by atoms with Gasteiger partial charge in [0.1, 0.15) is 23.7 Å². The third kappa shape index (κ3) is 8.28. The van der Waals surface area contributed by atoms with Gasteiger partial charge in [0.2, 0.25) is 9.84 Å². The maximum absolute atomic E-state index is 14.4. The van der Waals surface area contributed by atoms with Crippen molar-refractivity contribution in [2.75, 3.05) is 71.7 Å². The van der Waals surface area contributed by atoms with Gasteiger partial charge in [0.05, 0.1) is 43.1 Å². The van der Waals surface area contributed by atoms with Gasteiger partial charge in [-0.15, -0.1) is 0 Å². The molecular formula is C38H50N2O9S. The summed E-state index contributed by atoms with van der Waals surface area (Å²) in [4.78, 5) is 2.43. The van der Waals surface area contributed by atoms with E-state index in [-0.39, 0.29) is 43.0 Å². The molecule has 11 nitrogen and oxygen atoms in total. The summed E-state index contributed by atoms with van der Waals surface area (Å²) >= 11 is 0. The average molecular weight is 711 g/mol. The average Bonchev–Trinajstić information content (AvgIpc) is 3.13. The summed E-state index contributed by atoms with van der Waals surface area (Å²) in [7, 11) is -0.792. The molecule has 3 aliphatic heterocycles. The highest BCUT2D eigenvalue weighted by molar-refractivity contribution is 7.92. The maximum atomic E-state index is 14.4. The van der Waals surface area contributed by atoms with Gasteiger partial charge in [-0.2, -0.15) is 0 Å². The first-order valence-corrected chi connectivity index (χ1v) is 19.0. The summed E-state index contributed by atoms with van der Waals surface area (Å²) < 4.78 is 64.3. The molecule has 3 heterocycles. The molecular weight excluding hydrogens is 660 g/mol. The van der Waals surface area contributed by atoms with E-state index in [1.165, 1.54) is 0 Å². The van der Waals surface area contributed by atoms with Crippen LogP contribution in [0.2, 0.25) is 0 Å². The Balaban J connectivity index is 1.29. The number of hydrogen-bond donors (Lipinski definition) is 2. The number of nitrogens with zero attached hydrogens (tertiary/aromatic N) is 1. The van der Waals surface area contributed by atoms with Crippen LogP contribution in [0.25, 0.3) is 0 Å². The zero-order valence-electron chi connectivity index (χ0n) is 29.2. The first-order chi connectivity index (χ1) is 24.2. The Kier molecular flexibility index (Phi) is 12.0. The largest absolute Gasteiger partial charge is 0.497 e. The third-order valence-corrected chi connectivity index (χ3v) is 12.0. The number of piperidine rings is 1. The van der Waals surface area contributed by atoms with E-state index in [9.17, 15) is 13.5 Å². The molecule has 0 saturated carbocycles. The monoisotopic (exact) mass is 710 g/mol. The number of sulfone groups is 1. The molecule has 0 aliphatic carbocycles. The summed E-state index contributed by atoms with van der Waals surface area (Å²) in [5, 5.41) is 15.4. The number of anilines is 1. The van der Waals surface area contributed by atoms with Crippen LogP contribution >= 0.6 is 0 Å². The lowest BCUT2D eigenvalue weighted by Gasteiger charge is -2.44. The topological polar surface area (TPSA) is 125 Å². The number of benzene rings is 3. The van der Waals surface area contributed by atoms with E-state index >= 15 is 0 Å². The van der Waals surface area contributed by atoms with Gasteiger partial charge >= 0.3 is 0 Å². The van der Waals surface area contributed by atoms with Crippen LogP contribution in [0.1, 0.15) is 41.9 Å². The molecule has 2 N–H and O–H groups in total. The Morgan fingerprint density at radius 3 is 2.44 bits per heavy atom. The van der Waals surface area contributed by atoms with Crippen LogP contribution in [-0.2, 0) is 35.4 Å². The highest BCUT2D eigenvalue weighted by Gasteiger charge is 2.50. The Bertz CT molecular complexity index is 1650. The summed E-state index contributed by atoms with van der Waals surface area (Å²) in [6, 6.07) is 20.6. The molecule has 12 heteroatoms. The van der Waals surface area contributed by atoms with E-state index in [4.69, 9.17) is 28.4 Å². The summed E-state index contributed by atoms with van der Waals surface area (Å²) in [6.45, 7) is 6.62. The molecule has 6 rings (SSSR count). The van der Waals surface area contributed by atoms with Crippen molar-refractivity contribution >= 4 is 15.5 Å². The van der Waals surface area contributed by atoms with Gasteiger partial charge in [0, 0.05) is 65.3 Å². The lowest BCUT2D eigenvalue weighted by molar-refractivity contribution is -0.154. The number of hydrogen-bond acceptors (Lipinski definition) is 11. The normalized spacial score (nSPS) is 22.7. The molecule has 0 amide bonds. The van der Waals surface area contributed by atoms with E-state index in [0.717, 1.165) is 47.6 Å². The van der Waals surface area contributed by atoms with Crippen LogP contribution in [0, 0.1) is 6.92 Å². The minimum Gasteiger partial charge on any atom is -0.497 e. The highest BCUT2D eigenvalue weighted by Crippen LogP contribution is 2.39. The molecule has 3 aromatic rings. The summed E-state index contributed by atoms with van der Waals surface area (Å²) in [6.07, 6.45) is 0.172. The Morgan fingerprint density at radius 2 is 1.72 bits per heavy atom. The summed E-state index contributed by atoms with van der Waals surface area (Å²) in [5.41, 5.74) is 0.748. The van der Waals surface area contributed by atoms with E-state index in [1.807, 2.05) is 43.3 Å². The lowest BCUT2D eigenvalue weighted by atomic mass is 9.85. The van der Waals surface area contributed by atoms with Crippen molar-refractivity contribution in [3.05, 3.63) is 83.4 Å². The van der Waals surface area contributed by atoms with Gasteiger partial charge in [0.15, 0.2) is 5.44 Å². The molecule has 0 aromatic heterocycles. The van der Waals surface area contributed by atoms with Crippen molar-refractivity contribution in [1.29, 1.82) is 0 Å². The van der Waals surface area contributed by atoms with Crippen LogP contribution in [0.3, 0.4) is 0 Å². The third-order valence-electron chi connectivity index (χ3n) is 9.94. The number of rotatable bonds is 14. The van der Waals surface area contributed by atoms with Crippen LogP contribution in [0.4, 0.5) is 5.69 Å². The molecule has 0 spiro atoms. The van der Waals surface area contributed by atoms with Gasteiger partial charge in [-0.3, -0.25) is 0 Å². The van der Waals surface area contributed by atoms with Gasteiger partial charge < -0.3 is 43.7 Å². The van der Waals surface area contributed by atoms with Crippen molar-refractivity contribution in [3.63, 3.8) is 0 Å². The molecule has 272 valence electrons. The molecule has 1 unspecified atom stereocenters. The lowest BCUT2D eigenvalue weighted by Crippen LogP contribution is -2.57. The number of fused-ring (bicyclic) bond motifs is 1. The number of methoxy groups -OCH3 is 2. The first kappa shape index (κ1) is 36.6. The number of aliphatic hydroxyl groups is 1. The van der Waals surface area contributed by atoms with Crippen LogP contribution in [0.15, 0.2) is 71.6 Å². The minimum absolute atomic E-state index is 0.109. The second kappa shape index (κ2) is 16.4. The van der Waals surface area contributed by atoms with Crippen molar-refractivity contribution in [1.82, 2.24) is 5.32 Å². The van der Waals surface area contributed by atoms with Gasteiger partial charge in [0.25, 0.3) is 0 Å². The van der Waals surface area contributed by atoms with E-state index in [0.29, 0.717) is 38.7 Å². The Morgan fingerprint density at radius 1 is 0.980 bits per heavy atom. The Labute approximate surface area is 295 Å². The van der Waals surface area contributed by atoms with Crippen LogP contribution in [0.5, 0.6) is 11.5 Å². The van der Waals surface area contributed by atoms with Crippen molar-refractivity contribution < 1.29 is 41.9 Å². The van der Waals surface area contributed by atoms with E-state index in [2.05, 4.69) is 16.3 Å². The standard InChI is InChI=1S/C38H50N2O9S/c1-27-5-12-31(13-6-27)50(42,43)37(38(41)15-20-46-21-16-38)49-35-25-39-24-34(36(35)29-8-10-30(45-3)11-9-29)48-26-28-7-14-33-32(23-28)40(18-22-47-33)17-4-19-44-2/h5-14,23,34-37,39,41H,4,15-22,24-26H2,1-3H3/t34-,35+,36+,37?/m0/s1. The smallest absolute Gasteiger partial charge is 0.208 e. The van der Waals surface area contributed by atoms with E-state index in [1.54, 1.807) is 38.5 Å². The molecule has 2 saturated heterocycles. The molecule has 0 radical (unpaired) electrons. The SMILES string of the molecule is COCCCN1CCOc2ccc(CO[C@H]3CNC[C@@H](OC(C4(O)CCOCC4)S(=O)(=O)c4ccc(C)cc4)[C@@H]3c3ccc(OC)cc3)cc21. The van der Waals surface area contributed by atoms with Gasteiger partial charge in [-0.1, -0.05) is 35.9 Å². The number of nitrogens with one attached hydrogen (secondary N) is 1. The number of aryl methyl sites for hydroxylation is 1. The predicted octanol–water partition coefficient (Wildman–Crippen LogP) is 4.24. The molecule has 2 fully saturated rings. The molecule has 3 aromatic carbocycles. The van der Waals surface area contributed by atoms with Crippen LogP contribution < -0.4 is 19.7 Å². The van der Waals surface area contributed by atoms with Crippen LogP contribution in [-0.4, -0.2) is 104 Å². The fourth-order valence-corrected chi connectivity index (χ4v) is 8.98. The van der Waals surface area contributed by atoms with Crippen molar-refractivity contribution in [2.45, 2.75) is 66.9 Å². The zero-order valence-corrected chi connectivity index (χ0v) is 30.0. The second-order valence-electron chi connectivity index (χ2n) is 13.4. The maximum Gasteiger partial charge on any atom is 0.208 e. The number of ether oxygens (including phenoxy) is 6. The molecule has 4 atom stereocenters. The second-order valence-corrected chi connectivity index (χ2v) is 15.4. The fourth-order valence-electron chi connectivity index (χ4n) is 7.11. The molecule has 0 bridgehead atoms. The molecule has 50 heavy (non-hydrogen) atoms. The van der Waals surface area contributed by atoms with Gasteiger partial charge in [-0.25, -0.2) is 8.42 Å². The quantitative estimate of drug-likeness (QED) is 0.234. The van der Waals surface area contributed by atoms with Gasteiger partial charge in [-0.05, 0) is 60.9 Å². The predicted molar refractivity (Wildman–Crippen MR) is 190 cm³/mol. The fraction of sp³-hybridized carbons (Fsp3) is 0.526. The first-order valence-electron chi connectivity index (χ1n) is 17.4. The van der Waals surface area contributed by atoms with Crippen molar-refractivity contribution in [2.24, 2.45) is 0 Å². The van der Waals surface area contributed by atoms with Crippen molar-refractivity contribution in [3.8, 4) is 11.5 Å². The highest BCUT2D eigenvalue weighted by atomic mass is 32.2. The van der Waals surface area contributed by atoms with E-state index < -0.39 is 27.0 Å². The minimum atomic E-state index is -4.13. The molecule has 3 aliphatic rings. The Hall–Kier alpha value is -3.23. The zero-order chi connectivity index (χ0) is 35.1.